The molecule has 0 bridgehead atoms. The summed E-state index contributed by atoms with van der Waals surface area (Å²) in [6.45, 7) is 8.34. The summed E-state index contributed by atoms with van der Waals surface area (Å²) in [5, 5.41) is 2.77. The molecule has 3 N–H and O–H groups in total. The minimum Gasteiger partial charge on any atom is -0.369 e. The molecule has 0 saturated carbocycles. The molecule has 0 rings (SSSR count). The van der Waals surface area contributed by atoms with Crippen molar-refractivity contribution in [3.63, 3.8) is 0 Å². The molecule has 16 heavy (non-hydrogen) atoms. The lowest BCUT2D eigenvalue weighted by Gasteiger charge is -2.26. The van der Waals surface area contributed by atoms with Gasteiger partial charge in [-0.2, -0.15) is 0 Å². The van der Waals surface area contributed by atoms with Crippen LogP contribution < -0.4 is 11.1 Å². The van der Waals surface area contributed by atoms with Crippen molar-refractivity contribution in [3.05, 3.63) is 0 Å². The summed E-state index contributed by atoms with van der Waals surface area (Å²) in [5.41, 5.74) is 5.38. The number of hydrogen-bond donors (Lipinski definition) is 2. The third kappa shape index (κ3) is 4.21. The summed E-state index contributed by atoms with van der Waals surface area (Å²) in [5.74, 6) is -0.967. The molecule has 4 heteroatoms. The lowest BCUT2D eigenvalue weighted by molar-refractivity contribution is -0.135. The molecule has 0 radical (unpaired) electrons. The largest absolute Gasteiger partial charge is 0.369 e. The Balaban J connectivity index is 4.84. The SMILES string of the molecule is CCC[C@H](C(N)=O)[C@H](C(=O)NCC)C(C)C. The molecule has 0 aromatic carbocycles. The molecule has 0 aliphatic rings. The van der Waals surface area contributed by atoms with Gasteiger partial charge < -0.3 is 11.1 Å². The molecule has 2 amide bonds. The molecule has 0 aliphatic heterocycles. The van der Waals surface area contributed by atoms with Crippen molar-refractivity contribution < 1.29 is 9.59 Å². The van der Waals surface area contributed by atoms with Crippen molar-refractivity contribution in [3.8, 4) is 0 Å². The van der Waals surface area contributed by atoms with Gasteiger partial charge in [-0.1, -0.05) is 27.2 Å². The van der Waals surface area contributed by atoms with Gasteiger partial charge in [0.05, 0.1) is 5.92 Å². The standard InChI is InChI=1S/C12H24N2O2/c1-5-7-9(11(13)15)10(8(3)4)12(16)14-6-2/h8-10H,5-7H2,1-4H3,(H2,13,15)(H,14,16)/t9-,10+/m0/s1. The van der Waals surface area contributed by atoms with Crippen LogP contribution >= 0.6 is 0 Å². The van der Waals surface area contributed by atoms with Crippen LogP contribution in [0.5, 0.6) is 0 Å². The third-order valence-electron chi connectivity index (χ3n) is 2.77. The Morgan fingerprint density at radius 3 is 2.12 bits per heavy atom. The average Bonchev–Trinajstić information content (AvgIpc) is 2.16. The first-order chi connectivity index (χ1) is 7.45. The lowest BCUT2D eigenvalue weighted by atomic mass is 9.79. The molecule has 0 spiro atoms. The van der Waals surface area contributed by atoms with E-state index in [0.29, 0.717) is 13.0 Å². The Labute approximate surface area is 98.0 Å². The highest BCUT2D eigenvalue weighted by atomic mass is 16.2. The van der Waals surface area contributed by atoms with E-state index in [1.54, 1.807) is 0 Å². The maximum atomic E-state index is 11.9. The highest BCUT2D eigenvalue weighted by Gasteiger charge is 2.33. The van der Waals surface area contributed by atoms with Crippen LogP contribution in [0.2, 0.25) is 0 Å². The Morgan fingerprint density at radius 1 is 1.25 bits per heavy atom. The van der Waals surface area contributed by atoms with E-state index in [-0.39, 0.29) is 29.6 Å². The predicted octanol–water partition coefficient (Wildman–Crippen LogP) is 1.30. The zero-order valence-corrected chi connectivity index (χ0v) is 10.7. The maximum Gasteiger partial charge on any atom is 0.224 e. The third-order valence-corrected chi connectivity index (χ3v) is 2.77. The van der Waals surface area contributed by atoms with Gasteiger partial charge >= 0.3 is 0 Å². The Morgan fingerprint density at radius 2 is 1.81 bits per heavy atom. The van der Waals surface area contributed by atoms with E-state index in [4.69, 9.17) is 5.73 Å². The van der Waals surface area contributed by atoms with E-state index < -0.39 is 0 Å². The van der Waals surface area contributed by atoms with Gasteiger partial charge in [-0.3, -0.25) is 9.59 Å². The number of rotatable bonds is 7. The Kier molecular flexibility index (Phi) is 6.77. The van der Waals surface area contributed by atoms with Crippen molar-refractivity contribution in [2.75, 3.05) is 6.54 Å². The second-order valence-electron chi connectivity index (χ2n) is 4.46. The van der Waals surface area contributed by atoms with E-state index >= 15 is 0 Å². The van der Waals surface area contributed by atoms with Crippen molar-refractivity contribution in [1.82, 2.24) is 5.32 Å². The molecule has 0 fully saturated rings. The maximum absolute atomic E-state index is 11.9. The van der Waals surface area contributed by atoms with Gasteiger partial charge in [-0.25, -0.2) is 0 Å². The van der Waals surface area contributed by atoms with E-state index in [2.05, 4.69) is 5.32 Å². The fraction of sp³-hybridized carbons (Fsp3) is 0.833. The fourth-order valence-corrected chi connectivity index (χ4v) is 2.05. The van der Waals surface area contributed by atoms with Crippen LogP contribution in [-0.4, -0.2) is 18.4 Å². The zero-order chi connectivity index (χ0) is 12.7. The summed E-state index contributed by atoms with van der Waals surface area (Å²) in [6.07, 6.45) is 1.53. The van der Waals surface area contributed by atoms with Crippen molar-refractivity contribution in [2.45, 2.75) is 40.5 Å². The van der Waals surface area contributed by atoms with Crippen LogP contribution in [0.1, 0.15) is 40.5 Å². The smallest absolute Gasteiger partial charge is 0.224 e. The quantitative estimate of drug-likeness (QED) is 0.689. The summed E-state index contributed by atoms with van der Waals surface area (Å²) >= 11 is 0. The van der Waals surface area contributed by atoms with Gasteiger partial charge in [0.25, 0.3) is 0 Å². The number of primary amides is 1. The molecular weight excluding hydrogens is 204 g/mol. The van der Waals surface area contributed by atoms with Gasteiger partial charge in [0.1, 0.15) is 0 Å². The monoisotopic (exact) mass is 228 g/mol. The zero-order valence-electron chi connectivity index (χ0n) is 10.7. The number of carbonyl (C=O) groups excluding carboxylic acids is 2. The predicted molar refractivity (Wildman–Crippen MR) is 64.6 cm³/mol. The van der Waals surface area contributed by atoms with Crippen LogP contribution in [-0.2, 0) is 9.59 Å². The first-order valence-corrected chi connectivity index (χ1v) is 6.02. The second-order valence-corrected chi connectivity index (χ2v) is 4.46. The Bertz CT molecular complexity index is 239. The molecular formula is C12H24N2O2. The fourth-order valence-electron chi connectivity index (χ4n) is 2.05. The Hall–Kier alpha value is -1.06. The van der Waals surface area contributed by atoms with Gasteiger partial charge in [-0.05, 0) is 19.3 Å². The summed E-state index contributed by atoms with van der Waals surface area (Å²) < 4.78 is 0. The number of nitrogens with two attached hydrogens (primary N) is 1. The van der Waals surface area contributed by atoms with E-state index in [1.807, 2.05) is 27.7 Å². The van der Waals surface area contributed by atoms with Crippen molar-refractivity contribution >= 4 is 11.8 Å². The van der Waals surface area contributed by atoms with E-state index in [0.717, 1.165) is 6.42 Å². The molecule has 0 unspecified atom stereocenters. The molecule has 0 aromatic heterocycles. The van der Waals surface area contributed by atoms with Crippen LogP contribution in [0.25, 0.3) is 0 Å². The molecule has 0 saturated heterocycles. The first-order valence-electron chi connectivity index (χ1n) is 6.02. The number of amides is 2. The minimum atomic E-state index is -0.369. The van der Waals surface area contributed by atoms with E-state index in [9.17, 15) is 9.59 Å². The van der Waals surface area contributed by atoms with Gasteiger partial charge in [-0.15, -0.1) is 0 Å². The topological polar surface area (TPSA) is 72.2 Å². The molecule has 0 heterocycles. The summed E-state index contributed by atoms with van der Waals surface area (Å²) in [7, 11) is 0. The van der Waals surface area contributed by atoms with Crippen LogP contribution in [0, 0.1) is 17.8 Å². The molecule has 2 atom stereocenters. The minimum absolute atomic E-state index is 0.0604. The van der Waals surface area contributed by atoms with Crippen LogP contribution in [0.3, 0.4) is 0 Å². The van der Waals surface area contributed by atoms with Gasteiger partial charge in [0, 0.05) is 12.5 Å². The molecule has 4 nitrogen and oxygen atoms in total. The van der Waals surface area contributed by atoms with Crippen LogP contribution in [0.4, 0.5) is 0 Å². The number of carbonyl (C=O) groups is 2. The number of hydrogen-bond acceptors (Lipinski definition) is 2. The normalized spacial score (nSPS) is 14.6. The average molecular weight is 228 g/mol. The molecule has 0 aromatic rings. The van der Waals surface area contributed by atoms with Gasteiger partial charge in [0.2, 0.25) is 11.8 Å². The number of nitrogens with one attached hydrogen (secondary N) is 1. The lowest BCUT2D eigenvalue weighted by Crippen LogP contribution is -2.42. The van der Waals surface area contributed by atoms with Gasteiger partial charge in [0.15, 0.2) is 0 Å². The summed E-state index contributed by atoms with van der Waals surface area (Å²) in [4.78, 5) is 23.3. The molecule has 94 valence electrons. The van der Waals surface area contributed by atoms with E-state index in [1.165, 1.54) is 0 Å². The van der Waals surface area contributed by atoms with Crippen molar-refractivity contribution in [1.29, 1.82) is 0 Å². The second kappa shape index (κ2) is 7.25. The highest BCUT2D eigenvalue weighted by molar-refractivity contribution is 5.87. The first kappa shape index (κ1) is 14.9. The van der Waals surface area contributed by atoms with Crippen LogP contribution in [0.15, 0.2) is 0 Å². The molecule has 0 aliphatic carbocycles. The highest BCUT2D eigenvalue weighted by Crippen LogP contribution is 2.25. The summed E-state index contributed by atoms with van der Waals surface area (Å²) in [6, 6.07) is 0. The van der Waals surface area contributed by atoms with Crippen molar-refractivity contribution in [2.24, 2.45) is 23.5 Å².